The zero-order valence-corrected chi connectivity index (χ0v) is 8.33. The minimum absolute atomic E-state index is 0.0519. The minimum Gasteiger partial charge on any atom is -0.449 e. The normalized spacial score (nSPS) is 9.85. The molecule has 0 saturated carbocycles. The average Bonchev–Trinajstić information content (AvgIpc) is 1.98. The van der Waals surface area contributed by atoms with Crippen LogP contribution in [0, 0.1) is 11.3 Å². The Morgan fingerprint density at radius 3 is 2.54 bits per heavy atom. The molecule has 0 rings (SSSR count). The Bertz CT molecular complexity index is 192. The topological polar surface area (TPSA) is 79.4 Å². The Balaban J connectivity index is 3.76. The molecule has 0 radical (unpaired) electrons. The first kappa shape index (κ1) is 11.7. The Kier molecular flexibility index (Phi) is 4.87. The fourth-order valence-electron chi connectivity index (χ4n) is 0.668. The van der Waals surface area contributed by atoms with E-state index in [9.17, 15) is 4.79 Å². The van der Waals surface area contributed by atoms with Crippen LogP contribution in [-0.4, -0.2) is 37.0 Å². The van der Waals surface area contributed by atoms with Crippen LogP contribution in [0.2, 0.25) is 0 Å². The van der Waals surface area contributed by atoms with Gasteiger partial charge in [0.25, 0.3) is 0 Å². The second-order valence-electron chi connectivity index (χ2n) is 3.35. The van der Waals surface area contributed by atoms with Crippen molar-refractivity contribution in [2.24, 2.45) is 11.7 Å². The molecule has 5 nitrogen and oxygen atoms in total. The van der Waals surface area contributed by atoms with Crippen LogP contribution >= 0.6 is 0 Å². The highest BCUT2D eigenvalue weighted by Crippen LogP contribution is 1.96. The molecule has 0 fully saturated rings. The number of amidine groups is 1. The van der Waals surface area contributed by atoms with Crippen LogP contribution in [0.3, 0.4) is 0 Å². The van der Waals surface area contributed by atoms with Gasteiger partial charge in [-0.3, -0.25) is 5.41 Å². The number of rotatable bonds is 4. The standard InChI is InChI=1S/C8H17N3O2/c1-6(2)5-13-8(12)11(3)4-7(9)10/h6H,4-5H2,1-3H3,(H3,9,10). The van der Waals surface area contributed by atoms with Gasteiger partial charge in [0.2, 0.25) is 0 Å². The lowest BCUT2D eigenvalue weighted by molar-refractivity contribution is 0.104. The van der Waals surface area contributed by atoms with Crippen LogP contribution in [0.4, 0.5) is 4.79 Å². The zero-order valence-electron chi connectivity index (χ0n) is 8.33. The molecule has 76 valence electrons. The fraction of sp³-hybridized carbons (Fsp3) is 0.750. The van der Waals surface area contributed by atoms with E-state index >= 15 is 0 Å². The summed E-state index contributed by atoms with van der Waals surface area (Å²) in [7, 11) is 1.55. The number of ether oxygens (including phenoxy) is 1. The summed E-state index contributed by atoms with van der Waals surface area (Å²) in [4.78, 5) is 12.4. The SMILES string of the molecule is CC(C)COC(=O)N(C)CC(=N)N. The van der Waals surface area contributed by atoms with Gasteiger partial charge in [-0.1, -0.05) is 13.8 Å². The maximum atomic E-state index is 11.1. The molecule has 0 aromatic rings. The lowest BCUT2D eigenvalue weighted by Gasteiger charge is -2.16. The quantitative estimate of drug-likeness (QED) is 0.501. The van der Waals surface area contributed by atoms with Gasteiger partial charge in [0, 0.05) is 7.05 Å². The van der Waals surface area contributed by atoms with Crippen molar-refractivity contribution in [1.29, 1.82) is 5.41 Å². The molecule has 0 aliphatic carbocycles. The van der Waals surface area contributed by atoms with Crippen molar-refractivity contribution < 1.29 is 9.53 Å². The Morgan fingerprint density at radius 1 is 1.62 bits per heavy atom. The summed E-state index contributed by atoms with van der Waals surface area (Å²) in [5, 5.41) is 6.96. The van der Waals surface area contributed by atoms with E-state index < -0.39 is 6.09 Å². The molecule has 0 aliphatic heterocycles. The van der Waals surface area contributed by atoms with E-state index in [1.54, 1.807) is 7.05 Å². The lowest BCUT2D eigenvalue weighted by atomic mass is 10.2. The molecule has 3 N–H and O–H groups in total. The van der Waals surface area contributed by atoms with E-state index in [2.05, 4.69) is 0 Å². The van der Waals surface area contributed by atoms with Gasteiger partial charge in [-0.05, 0) is 5.92 Å². The van der Waals surface area contributed by atoms with Gasteiger partial charge in [0.05, 0.1) is 13.2 Å². The van der Waals surface area contributed by atoms with Crippen LogP contribution in [-0.2, 0) is 4.74 Å². The van der Waals surface area contributed by atoms with E-state index in [1.165, 1.54) is 4.90 Å². The molecule has 0 spiro atoms. The number of amides is 1. The number of carbonyl (C=O) groups is 1. The van der Waals surface area contributed by atoms with Gasteiger partial charge in [0.1, 0.15) is 5.84 Å². The monoisotopic (exact) mass is 187 g/mol. The average molecular weight is 187 g/mol. The summed E-state index contributed by atoms with van der Waals surface area (Å²) in [6.07, 6.45) is -0.441. The smallest absolute Gasteiger partial charge is 0.409 e. The number of hydrogen-bond acceptors (Lipinski definition) is 3. The number of hydrogen-bond donors (Lipinski definition) is 2. The molecule has 0 atom stereocenters. The number of nitrogens with zero attached hydrogens (tertiary/aromatic N) is 1. The summed E-state index contributed by atoms with van der Waals surface area (Å²) in [6.45, 7) is 4.41. The molecular formula is C8H17N3O2. The second-order valence-corrected chi connectivity index (χ2v) is 3.35. The van der Waals surface area contributed by atoms with Crippen LogP contribution in [0.1, 0.15) is 13.8 Å². The van der Waals surface area contributed by atoms with Gasteiger partial charge in [0.15, 0.2) is 0 Å². The van der Waals surface area contributed by atoms with Crippen molar-refractivity contribution in [3.05, 3.63) is 0 Å². The maximum Gasteiger partial charge on any atom is 0.409 e. The number of likely N-dealkylation sites (N-methyl/N-ethyl adjacent to an activating group) is 1. The first-order chi connectivity index (χ1) is 5.93. The van der Waals surface area contributed by atoms with Crippen LogP contribution < -0.4 is 5.73 Å². The summed E-state index contributed by atoms with van der Waals surface area (Å²) >= 11 is 0. The number of carbonyl (C=O) groups excluding carboxylic acids is 1. The third-order valence-electron chi connectivity index (χ3n) is 1.26. The molecule has 0 heterocycles. The lowest BCUT2D eigenvalue weighted by Crippen LogP contribution is -2.35. The van der Waals surface area contributed by atoms with Gasteiger partial charge in [-0.15, -0.1) is 0 Å². The van der Waals surface area contributed by atoms with E-state index in [0.29, 0.717) is 12.5 Å². The van der Waals surface area contributed by atoms with Crippen molar-refractivity contribution >= 4 is 11.9 Å². The van der Waals surface area contributed by atoms with Crippen molar-refractivity contribution in [3.63, 3.8) is 0 Å². The fourth-order valence-corrected chi connectivity index (χ4v) is 0.668. The molecule has 5 heteroatoms. The summed E-state index contributed by atoms with van der Waals surface area (Å²) in [5.41, 5.74) is 5.12. The van der Waals surface area contributed by atoms with Crippen LogP contribution in [0.5, 0.6) is 0 Å². The predicted molar refractivity (Wildman–Crippen MR) is 50.7 cm³/mol. The van der Waals surface area contributed by atoms with E-state index in [1.807, 2.05) is 13.8 Å². The van der Waals surface area contributed by atoms with E-state index in [4.69, 9.17) is 15.9 Å². The second kappa shape index (κ2) is 5.40. The molecule has 0 aromatic heterocycles. The first-order valence-corrected chi connectivity index (χ1v) is 4.14. The molecular weight excluding hydrogens is 170 g/mol. The summed E-state index contributed by atoms with van der Waals surface area (Å²) in [6, 6.07) is 0. The largest absolute Gasteiger partial charge is 0.449 e. The van der Waals surface area contributed by atoms with Crippen LogP contribution in [0.15, 0.2) is 0 Å². The highest BCUT2D eigenvalue weighted by atomic mass is 16.6. The van der Waals surface area contributed by atoms with Crippen LogP contribution in [0.25, 0.3) is 0 Å². The van der Waals surface area contributed by atoms with Crippen molar-refractivity contribution in [2.45, 2.75) is 13.8 Å². The molecule has 0 aliphatic rings. The van der Waals surface area contributed by atoms with Gasteiger partial charge >= 0.3 is 6.09 Å². The summed E-state index contributed by atoms with van der Waals surface area (Å²) < 4.78 is 4.90. The molecule has 0 saturated heterocycles. The third kappa shape index (κ3) is 5.95. The Labute approximate surface area is 78.4 Å². The molecule has 1 amide bonds. The van der Waals surface area contributed by atoms with E-state index in [0.717, 1.165) is 0 Å². The number of nitrogens with two attached hydrogens (primary N) is 1. The Morgan fingerprint density at radius 2 is 2.15 bits per heavy atom. The van der Waals surface area contributed by atoms with Crippen molar-refractivity contribution in [1.82, 2.24) is 4.90 Å². The predicted octanol–water partition coefficient (Wildman–Crippen LogP) is 0.647. The highest BCUT2D eigenvalue weighted by molar-refractivity contribution is 5.82. The van der Waals surface area contributed by atoms with Gasteiger partial charge < -0.3 is 15.4 Å². The van der Waals surface area contributed by atoms with Gasteiger partial charge in [-0.2, -0.15) is 0 Å². The summed E-state index contributed by atoms with van der Waals surface area (Å²) in [5.74, 6) is 0.263. The molecule has 0 bridgehead atoms. The third-order valence-corrected chi connectivity index (χ3v) is 1.26. The van der Waals surface area contributed by atoms with Crippen molar-refractivity contribution in [3.8, 4) is 0 Å². The number of nitrogens with one attached hydrogen (secondary N) is 1. The maximum absolute atomic E-state index is 11.1. The minimum atomic E-state index is -0.441. The zero-order chi connectivity index (χ0) is 10.4. The molecule has 0 unspecified atom stereocenters. The molecule has 0 aromatic carbocycles. The first-order valence-electron chi connectivity index (χ1n) is 4.14. The Hall–Kier alpha value is -1.26. The highest BCUT2D eigenvalue weighted by Gasteiger charge is 2.10. The van der Waals surface area contributed by atoms with Crippen molar-refractivity contribution in [2.75, 3.05) is 20.2 Å². The van der Waals surface area contributed by atoms with E-state index in [-0.39, 0.29) is 12.4 Å². The molecule has 13 heavy (non-hydrogen) atoms. The van der Waals surface area contributed by atoms with Gasteiger partial charge in [-0.25, -0.2) is 4.79 Å².